The SMILES string of the molecule is Cc1nn(COCC[Si](C)(C)C)c2c1N=C(c1c(F)cccc1F)Nc1c-2cc(C2=CCOCC2)nc1C. The Bertz CT molecular complexity index is 1420. The van der Waals surface area contributed by atoms with Crippen LogP contribution < -0.4 is 5.32 Å². The molecule has 2 aliphatic heterocycles. The standard InChI is InChI=1S/C28H33F2N5O2Si/c1-17-25-20(15-23(31-17)19-9-11-36-12-10-19)27-26(18(2)34-35(27)16-37-13-14-38(3,4)5)33-28(32-25)24-21(29)7-6-8-22(24)30/h6-9,15H,10-14,16H2,1-5H3,(H,32,33). The van der Waals surface area contributed by atoms with Crippen molar-refractivity contribution in [3.8, 4) is 11.3 Å². The van der Waals surface area contributed by atoms with E-state index in [-0.39, 0.29) is 18.1 Å². The third-order valence-corrected chi connectivity index (χ3v) is 8.42. The number of halogens is 2. The minimum atomic E-state index is -1.26. The molecule has 0 unspecified atom stereocenters. The van der Waals surface area contributed by atoms with Gasteiger partial charge in [-0.2, -0.15) is 5.10 Å². The van der Waals surface area contributed by atoms with Crippen LogP contribution in [0.15, 0.2) is 35.3 Å². The molecule has 1 aromatic carbocycles. The van der Waals surface area contributed by atoms with Crippen molar-refractivity contribution in [2.45, 2.75) is 52.7 Å². The van der Waals surface area contributed by atoms with Crippen molar-refractivity contribution in [1.82, 2.24) is 14.8 Å². The van der Waals surface area contributed by atoms with Crippen molar-refractivity contribution in [1.29, 1.82) is 0 Å². The smallest absolute Gasteiger partial charge is 0.144 e. The van der Waals surface area contributed by atoms with Gasteiger partial charge >= 0.3 is 0 Å². The molecule has 3 aromatic rings. The number of aryl methyl sites for hydroxylation is 2. The fourth-order valence-corrected chi connectivity index (χ4v) is 5.39. The van der Waals surface area contributed by atoms with Crippen LogP contribution >= 0.6 is 0 Å². The number of nitrogens with zero attached hydrogens (tertiary/aromatic N) is 4. The van der Waals surface area contributed by atoms with Crippen LogP contribution in [0.2, 0.25) is 25.7 Å². The summed E-state index contributed by atoms with van der Waals surface area (Å²) in [5.74, 6) is -1.32. The van der Waals surface area contributed by atoms with Crippen molar-refractivity contribution in [3.05, 3.63) is 64.6 Å². The number of aliphatic imine (C=N–C) groups is 1. The Labute approximate surface area is 222 Å². The Balaban J connectivity index is 1.66. The van der Waals surface area contributed by atoms with E-state index >= 15 is 0 Å². The van der Waals surface area contributed by atoms with Crippen molar-refractivity contribution in [2.75, 3.05) is 25.1 Å². The molecule has 0 spiro atoms. The van der Waals surface area contributed by atoms with E-state index in [2.05, 4.69) is 25.0 Å². The average Bonchev–Trinajstić information content (AvgIpc) is 3.06. The van der Waals surface area contributed by atoms with Gasteiger partial charge in [0.2, 0.25) is 0 Å². The molecule has 0 saturated heterocycles. The van der Waals surface area contributed by atoms with Crippen LogP contribution in [0.3, 0.4) is 0 Å². The second-order valence-electron chi connectivity index (χ2n) is 10.9. The molecule has 0 radical (unpaired) electrons. The molecular formula is C28H33F2N5O2Si. The van der Waals surface area contributed by atoms with E-state index in [0.29, 0.717) is 42.6 Å². The average molecular weight is 538 g/mol. The third kappa shape index (κ3) is 5.34. The molecule has 4 heterocycles. The molecule has 0 saturated carbocycles. The molecule has 1 N–H and O–H groups in total. The number of rotatable bonds is 7. The number of hydrogen-bond acceptors (Lipinski definition) is 6. The molecule has 5 rings (SSSR count). The lowest BCUT2D eigenvalue weighted by atomic mass is 10.0. The first-order valence-corrected chi connectivity index (χ1v) is 16.6. The molecule has 38 heavy (non-hydrogen) atoms. The maximum Gasteiger partial charge on any atom is 0.144 e. The number of anilines is 1. The first kappa shape index (κ1) is 26.4. The summed E-state index contributed by atoms with van der Waals surface area (Å²) in [7, 11) is -1.26. The van der Waals surface area contributed by atoms with Crippen molar-refractivity contribution in [3.63, 3.8) is 0 Å². The van der Waals surface area contributed by atoms with Gasteiger partial charge in [-0.05, 0) is 50.1 Å². The highest BCUT2D eigenvalue weighted by atomic mass is 28.3. The number of ether oxygens (including phenoxy) is 2. The van der Waals surface area contributed by atoms with E-state index in [4.69, 9.17) is 24.5 Å². The fourth-order valence-electron chi connectivity index (χ4n) is 4.64. The van der Waals surface area contributed by atoms with E-state index in [1.54, 1.807) is 4.68 Å². The number of amidine groups is 1. The van der Waals surface area contributed by atoms with Gasteiger partial charge in [-0.1, -0.05) is 31.8 Å². The Kier molecular flexibility index (Phi) is 7.30. The lowest BCUT2D eigenvalue weighted by molar-refractivity contribution is 0.0796. The van der Waals surface area contributed by atoms with Crippen molar-refractivity contribution < 1.29 is 18.3 Å². The molecule has 0 bridgehead atoms. The van der Waals surface area contributed by atoms with E-state index in [0.717, 1.165) is 35.0 Å². The summed E-state index contributed by atoms with van der Waals surface area (Å²) in [5.41, 5.74) is 5.74. The largest absolute Gasteiger partial charge is 0.377 e. The van der Waals surface area contributed by atoms with E-state index in [1.165, 1.54) is 18.2 Å². The number of pyridine rings is 1. The Morgan fingerprint density at radius 3 is 2.58 bits per heavy atom. The highest BCUT2D eigenvalue weighted by Gasteiger charge is 2.29. The van der Waals surface area contributed by atoms with Crippen LogP contribution in [0, 0.1) is 25.5 Å². The molecule has 0 aliphatic carbocycles. The Hall–Kier alpha value is -3.21. The van der Waals surface area contributed by atoms with Crippen molar-refractivity contribution >= 4 is 30.9 Å². The quantitative estimate of drug-likeness (QED) is 0.277. The molecule has 0 amide bonds. The maximum absolute atomic E-state index is 14.9. The van der Waals surface area contributed by atoms with E-state index in [1.807, 2.05) is 26.0 Å². The van der Waals surface area contributed by atoms with Crippen LogP contribution in [0.25, 0.3) is 16.8 Å². The first-order valence-electron chi connectivity index (χ1n) is 12.9. The summed E-state index contributed by atoms with van der Waals surface area (Å²) >= 11 is 0. The molecule has 200 valence electrons. The Morgan fingerprint density at radius 1 is 1.13 bits per heavy atom. The van der Waals surface area contributed by atoms with E-state index < -0.39 is 19.7 Å². The predicted molar refractivity (Wildman–Crippen MR) is 149 cm³/mol. The number of aromatic nitrogens is 3. The highest BCUT2D eigenvalue weighted by molar-refractivity contribution is 6.76. The number of hydrogen-bond donors (Lipinski definition) is 1. The van der Waals surface area contributed by atoms with Gasteiger partial charge in [0.1, 0.15) is 29.9 Å². The highest BCUT2D eigenvalue weighted by Crippen LogP contribution is 2.43. The van der Waals surface area contributed by atoms with Gasteiger partial charge in [0, 0.05) is 20.2 Å². The normalized spacial score (nSPS) is 15.2. The molecule has 2 aromatic heterocycles. The minimum absolute atomic E-state index is 0.0748. The second-order valence-corrected chi connectivity index (χ2v) is 16.5. The maximum atomic E-state index is 14.9. The van der Waals surface area contributed by atoms with Gasteiger partial charge in [-0.3, -0.25) is 4.98 Å². The summed E-state index contributed by atoms with van der Waals surface area (Å²) in [6.45, 7) is 12.7. The van der Waals surface area contributed by atoms with Gasteiger partial charge in [-0.15, -0.1) is 0 Å². The van der Waals surface area contributed by atoms with Gasteiger partial charge in [-0.25, -0.2) is 18.5 Å². The van der Waals surface area contributed by atoms with Crippen LogP contribution in [0.1, 0.15) is 29.1 Å². The lowest BCUT2D eigenvalue weighted by Gasteiger charge is -2.19. The zero-order valence-electron chi connectivity index (χ0n) is 22.5. The zero-order valence-corrected chi connectivity index (χ0v) is 23.5. The molecule has 0 fully saturated rings. The monoisotopic (exact) mass is 537 g/mol. The molecule has 2 aliphatic rings. The summed E-state index contributed by atoms with van der Waals surface area (Å²) < 4.78 is 43.1. The predicted octanol–water partition coefficient (Wildman–Crippen LogP) is 6.46. The topological polar surface area (TPSA) is 73.6 Å². The molecular weight excluding hydrogens is 504 g/mol. The van der Waals surface area contributed by atoms with Crippen LogP contribution in [-0.2, 0) is 16.2 Å². The number of nitrogens with one attached hydrogen (secondary N) is 1. The van der Waals surface area contributed by atoms with Gasteiger partial charge < -0.3 is 14.8 Å². The zero-order chi connectivity index (χ0) is 27.0. The lowest BCUT2D eigenvalue weighted by Crippen LogP contribution is -2.22. The van der Waals surface area contributed by atoms with Gasteiger partial charge in [0.25, 0.3) is 0 Å². The van der Waals surface area contributed by atoms with Crippen molar-refractivity contribution in [2.24, 2.45) is 4.99 Å². The van der Waals surface area contributed by atoms with Gasteiger partial charge in [0.05, 0.1) is 47.2 Å². The third-order valence-electron chi connectivity index (χ3n) is 6.72. The molecule has 7 nitrogen and oxygen atoms in total. The second kappa shape index (κ2) is 10.5. The van der Waals surface area contributed by atoms with E-state index in [9.17, 15) is 8.78 Å². The fraction of sp³-hybridized carbons (Fsp3) is 0.393. The molecule has 10 heteroatoms. The van der Waals surface area contributed by atoms with Crippen LogP contribution in [0.5, 0.6) is 0 Å². The summed E-state index contributed by atoms with van der Waals surface area (Å²) in [5, 5.41) is 7.95. The minimum Gasteiger partial charge on any atom is -0.377 e. The van der Waals surface area contributed by atoms with Crippen LogP contribution in [0.4, 0.5) is 20.2 Å². The van der Waals surface area contributed by atoms with Crippen LogP contribution in [-0.4, -0.2) is 48.5 Å². The molecule has 0 atom stereocenters. The Morgan fingerprint density at radius 2 is 1.89 bits per heavy atom. The summed E-state index contributed by atoms with van der Waals surface area (Å²) in [6.07, 6.45) is 2.80. The van der Waals surface area contributed by atoms with Gasteiger partial charge in [0.15, 0.2) is 0 Å². The first-order chi connectivity index (χ1) is 18.1. The number of fused-ring (bicyclic) bond motifs is 3. The number of benzene rings is 1. The summed E-state index contributed by atoms with van der Waals surface area (Å²) in [4.78, 5) is 9.60. The summed E-state index contributed by atoms with van der Waals surface area (Å²) in [6, 6.07) is 6.83.